The molecule has 0 bridgehead atoms. The Morgan fingerprint density at radius 1 is 1.10 bits per heavy atom. The average Bonchev–Trinajstić information content (AvgIpc) is 3.12. The molecule has 0 saturated heterocycles. The number of fused-ring (bicyclic) bond motifs is 1. The van der Waals surface area contributed by atoms with Gasteiger partial charge < -0.3 is 15.4 Å². The van der Waals surface area contributed by atoms with E-state index in [0.29, 0.717) is 33.7 Å². The Morgan fingerprint density at radius 3 is 2.59 bits per heavy atom. The molecule has 0 aliphatic rings. The molecule has 0 spiro atoms. The summed E-state index contributed by atoms with van der Waals surface area (Å²) < 4.78 is 5.23. The standard InChI is InChI=1S/C20H17ClN6O2/c1-11-9-17(27-26-11)24-19-15-8-7-14(29-20(28)22-2)10-16(15)23-18(25-19)12-3-5-13(21)6-4-12/h3-10H,1-2H3,(H,22,28)(H2,23,24,25,26,27). The molecule has 0 fully saturated rings. The number of hydrogen-bond acceptors (Lipinski definition) is 6. The van der Waals surface area contributed by atoms with Crippen molar-refractivity contribution in [2.45, 2.75) is 6.92 Å². The molecule has 29 heavy (non-hydrogen) atoms. The second kappa shape index (κ2) is 7.76. The number of nitrogens with one attached hydrogen (secondary N) is 3. The lowest BCUT2D eigenvalue weighted by molar-refractivity contribution is 0.203. The van der Waals surface area contributed by atoms with Crippen molar-refractivity contribution in [1.82, 2.24) is 25.5 Å². The minimum absolute atomic E-state index is 0.374. The number of carbonyl (C=O) groups excluding carboxylic acids is 1. The molecule has 0 aliphatic heterocycles. The highest BCUT2D eigenvalue weighted by Crippen LogP contribution is 2.30. The van der Waals surface area contributed by atoms with Gasteiger partial charge in [0.25, 0.3) is 0 Å². The number of rotatable bonds is 4. The monoisotopic (exact) mass is 408 g/mol. The van der Waals surface area contributed by atoms with Gasteiger partial charge >= 0.3 is 6.09 Å². The van der Waals surface area contributed by atoms with E-state index in [9.17, 15) is 4.79 Å². The lowest BCUT2D eigenvalue weighted by atomic mass is 10.1. The smallest absolute Gasteiger partial charge is 0.410 e. The summed E-state index contributed by atoms with van der Waals surface area (Å²) in [6.45, 7) is 1.91. The average molecular weight is 409 g/mol. The highest BCUT2D eigenvalue weighted by molar-refractivity contribution is 6.30. The molecule has 2 aromatic heterocycles. The Kier molecular flexibility index (Phi) is 5.01. The number of ether oxygens (including phenoxy) is 1. The molecule has 2 heterocycles. The number of aryl methyl sites for hydroxylation is 1. The number of benzene rings is 2. The van der Waals surface area contributed by atoms with Crippen LogP contribution in [0.4, 0.5) is 16.4 Å². The fraction of sp³-hybridized carbons (Fsp3) is 0.100. The van der Waals surface area contributed by atoms with Gasteiger partial charge in [-0.1, -0.05) is 11.6 Å². The minimum atomic E-state index is -0.554. The summed E-state index contributed by atoms with van der Waals surface area (Å²) in [6.07, 6.45) is -0.554. The minimum Gasteiger partial charge on any atom is -0.410 e. The molecule has 8 nitrogen and oxygen atoms in total. The van der Waals surface area contributed by atoms with Crippen molar-refractivity contribution < 1.29 is 9.53 Å². The largest absolute Gasteiger partial charge is 0.412 e. The van der Waals surface area contributed by atoms with Crippen molar-refractivity contribution in [1.29, 1.82) is 0 Å². The van der Waals surface area contributed by atoms with Crippen molar-refractivity contribution in [2.24, 2.45) is 0 Å². The highest BCUT2D eigenvalue weighted by Gasteiger charge is 2.13. The van der Waals surface area contributed by atoms with Crippen molar-refractivity contribution in [3.05, 3.63) is 59.2 Å². The zero-order valence-corrected chi connectivity index (χ0v) is 16.4. The van der Waals surface area contributed by atoms with Gasteiger partial charge in [0.05, 0.1) is 5.52 Å². The van der Waals surface area contributed by atoms with Crippen LogP contribution in [0.5, 0.6) is 5.75 Å². The molecule has 2 aromatic carbocycles. The van der Waals surface area contributed by atoms with Crippen molar-refractivity contribution in [3.8, 4) is 17.1 Å². The third-order valence-corrected chi connectivity index (χ3v) is 4.39. The van der Waals surface area contributed by atoms with Crippen LogP contribution in [-0.4, -0.2) is 33.3 Å². The molecule has 0 unspecified atom stereocenters. The van der Waals surface area contributed by atoms with Crippen molar-refractivity contribution in [3.63, 3.8) is 0 Å². The Morgan fingerprint density at radius 2 is 1.90 bits per heavy atom. The number of hydrogen-bond donors (Lipinski definition) is 3. The van der Waals surface area contributed by atoms with Gasteiger partial charge in [0, 0.05) is 40.8 Å². The van der Waals surface area contributed by atoms with Gasteiger partial charge in [-0.05, 0) is 43.3 Å². The molecule has 3 N–H and O–H groups in total. The Balaban J connectivity index is 1.83. The zero-order chi connectivity index (χ0) is 20.4. The van der Waals surface area contributed by atoms with E-state index in [4.69, 9.17) is 16.3 Å². The number of anilines is 2. The number of nitrogens with zero attached hydrogens (tertiary/aromatic N) is 3. The zero-order valence-electron chi connectivity index (χ0n) is 15.7. The van der Waals surface area contributed by atoms with Crippen molar-refractivity contribution >= 4 is 40.2 Å². The number of aromatic nitrogens is 4. The summed E-state index contributed by atoms with van der Waals surface area (Å²) in [6, 6.07) is 14.3. The van der Waals surface area contributed by atoms with E-state index >= 15 is 0 Å². The van der Waals surface area contributed by atoms with Crippen LogP contribution in [0.1, 0.15) is 5.69 Å². The fourth-order valence-corrected chi connectivity index (χ4v) is 2.88. The first-order chi connectivity index (χ1) is 14.0. The van der Waals surface area contributed by atoms with Crippen LogP contribution in [0.3, 0.4) is 0 Å². The Bertz CT molecular complexity index is 1190. The lowest BCUT2D eigenvalue weighted by Crippen LogP contribution is -2.21. The van der Waals surface area contributed by atoms with E-state index in [0.717, 1.165) is 16.6 Å². The maximum absolute atomic E-state index is 11.5. The van der Waals surface area contributed by atoms with E-state index in [1.807, 2.05) is 25.1 Å². The molecule has 146 valence electrons. The predicted molar refractivity (Wildman–Crippen MR) is 112 cm³/mol. The normalized spacial score (nSPS) is 10.7. The molecule has 0 aliphatic carbocycles. The van der Waals surface area contributed by atoms with Crippen LogP contribution >= 0.6 is 11.6 Å². The van der Waals surface area contributed by atoms with Crippen LogP contribution in [0.2, 0.25) is 5.02 Å². The molecular weight excluding hydrogens is 392 g/mol. The van der Waals surface area contributed by atoms with Crippen LogP contribution in [0.15, 0.2) is 48.5 Å². The van der Waals surface area contributed by atoms with Crippen LogP contribution in [-0.2, 0) is 0 Å². The summed E-state index contributed by atoms with van der Waals surface area (Å²) in [4.78, 5) is 20.9. The summed E-state index contributed by atoms with van der Waals surface area (Å²) in [7, 11) is 1.50. The molecule has 4 rings (SSSR count). The van der Waals surface area contributed by atoms with E-state index < -0.39 is 6.09 Å². The van der Waals surface area contributed by atoms with E-state index in [2.05, 4.69) is 30.8 Å². The Hall–Kier alpha value is -3.65. The third-order valence-electron chi connectivity index (χ3n) is 4.14. The first kappa shape index (κ1) is 18.7. The van der Waals surface area contributed by atoms with Gasteiger partial charge in [0.2, 0.25) is 0 Å². The molecule has 0 saturated carbocycles. The Labute approximate surface area is 171 Å². The number of amides is 1. The maximum atomic E-state index is 11.5. The number of aromatic amines is 1. The number of H-pyrrole nitrogens is 1. The second-order valence-corrected chi connectivity index (χ2v) is 6.72. The first-order valence-corrected chi connectivity index (χ1v) is 9.16. The predicted octanol–water partition coefficient (Wildman–Crippen LogP) is 4.44. The van der Waals surface area contributed by atoms with Gasteiger partial charge in [-0.2, -0.15) is 5.10 Å². The third kappa shape index (κ3) is 4.12. The van der Waals surface area contributed by atoms with Crippen LogP contribution in [0, 0.1) is 6.92 Å². The van der Waals surface area contributed by atoms with Gasteiger partial charge in [0.1, 0.15) is 11.6 Å². The van der Waals surface area contributed by atoms with Gasteiger partial charge in [-0.3, -0.25) is 5.10 Å². The highest BCUT2D eigenvalue weighted by atomic mass is 35.5. The lowest BCUT2D eigenvalue weighted by Gasteiger charge is -2.11. The topological polar surface area (TPSA) is 105 Å². The molecule has 0 radical (unpaired) electrons. The quantitative estimate of drug-likeness (QED) is 0.461. The number of halogens is 1. The SMILES string of the molecule is CNC(=O)Oc1ccc2c(Nc3cc(C)[nH]n3)nc(-c3ccc(Cl)cc3)nc2c1. The molecule has 1 amide bonds. The molecular formula is C20H17ClN6O2. The maximum Gasteiger partial charge on any atom is 0.412 e. The summed E-state index contributed by atoms with van der Waals surface area (Å²) >= 11 is 6.00. The summed E-state index contributed by atoms with van der Waals surface area (Å²) in [5, 5.41) is 14.1. The second-order valence-electron chi connectivity index (χ2n) is 6.28. The van der Waals surface area contributed by atoms with Gasteiger partial charge in [-0.25, -0.2) is 14.8 Å². The summed E-state index contributed by atoms with van der Waals surface area (Å²) in [5.41, 5.74) is 2.33. The van der Waals surface area contributed by atoms with Crippen molar-refractivity contribution in [2.75, 3.05) is 12.4 Å². The summed E-state index contributed by atoms with van der Waals surface area (Å²) in [5.74, 6) is 2.09. The van der Waals surface area contributed by atoms with E-state index in [-0.39, 0.29) is 0 Å². The fourth-order valence-electron chi connectivity index (χ4n) is 2.76. The molecule has 9 heteroatoms. The first-order valence-electron chi connectivity index (χ1n) is 8.78. The molecule has 0 atom stereocenters. The molecule has 4 aromatic rings. The van der Waals surface area contributed by atoms with Crippen LogP contribution < -0.4 is 15.4 Å². The van der Waals surface area contributed by atoms with Crippen LogP contribution in [0.25, 0.3) is 22.3 Å². The van der Waals surface area contributed by atoms with Gasteiger partial charge in [-0.15, -0.1) is 0 Å². The number of carbonyl (C=O) groups is 1. The van der Waals surface area contributed by atoms with E-state index in [1.165, 1.54) is 7.05 Å². The van der Waals surface area contributed by atoms with E-state index in [1.54, 1.807) is 30.3 Å². The van der Waals surface area contributed by atoms with Gasteiger partial charge in [0.15, 0.2) is 11.6 Å².